The Hall–Kier alpha value is -0.290. The molecule has 15 heavy (non-hydrogen) atoms. The zero-order valence-corrected chi connectivity index (χ0v) is 10.3. The van der Waals surface area contributed by atoms with E-state index in [-0.39, 0.29) is 0 Å². The highest BCUT2D eigenvalue weighted by atomic mass is 35.6. The summed E-state index contributed by atoms with van der Waals surface area (Å²) in [4.78, 5) is 10.9. The minimum Gasteiger partial charge on any atom is -0.464 e. The number of hydrogen-bond donors (Lipinski definition) is 1. The monoisotopic (exact) mass is 285 g/mol. The van der Waals surface area contributed by atoms with Crippen LogP contribution < -0.4 is 4.31 Å². The number of nitrogens with zero attached hydrogens (tertiary/aromatic N) is 1. The second-order valence-electron chi connectivity index (χ2n) is 2.45. The van der Waals surface area contributed by atoms with Crippen LogP contribution in [0.15, 0.2) is 30.3 Å². The van der Waals surface area contributed by atoms with E-state index in [4.69, 9.17) is 39.9 Å². The van der Waals surface area contributed by atoms with Crippen molar-refractivity contribution in [1.29, 1.82) is 0 Å². The molecule has 0 aliphatic carbocycles. The quantitative estimate of drug-likeness (QED) is 0.656. The molecular formula is C8H6Cl3NO2S. The van der Waals surface area contributed by atoms with Crippen molar-refractivity contribution in [3.05, 3.63) is 30.3 Å². The lowest BCUT2D eigenvalue weighted by atomic mass is 10.3. The lowest BCUT2D eigenvalue weighted by Crippen LogP contribution is -2.24. The third-order valence-electron chi connectivity index (χ3n) is 1.36. The Morgan fingerprint density at radius 2 is 1.80 bits per heavy atom. The van der Waals surface area contributed by atoms with E-state index >= 15 is 0 Å². The first kappa shape index (κ1) is 12.8. The molecule has 0 unspecified atom stereocenters. The molecule has 0 spiro atoms. The van der Waals surface area contributed by atoms with Crippen LogP contribution in [0.2, 0.25) is 0 Å². The van der Waals surface area contributed by atoms with Gasteiger partial charge in [0.05, 0.1) is 5.69 Å². The maximum atomic E-state index is 10.9. The molecule has 82 valence electrons. The van der Waals surface area contributed by atoms with E-state index < -0.39 is 9.22 Å². The summed E-state index contributed by atoms with van der Waals surface area (Å²) in [5, 5.41) is 8.92. The molecule has 1 amide bonds. The van der Waals surface area contributed by atoms with Crippen molar-refractivity contribution >= 4 is 58.5 Å². The third kappa shape index (κ3) is 4.38. The zero-order chi connectivity index (χ0) is 11.5. The van der Waals surface area contributed by atoms with Crippen molar-refractivity contribution in [2.45, 2.75) is 3.12 Å². The number of rotatable bonds is 2. The molecule has 3 nitrogen and oxygen atoms in total. The van der Waals surface area contributed by atoms with Gasteiger partial charge in [-0.05, 0) is 12.1 Å². The molecule has 0 saturated carbocycles. The fraction of sp³-hybridized carbons (Fsp3) is 0.125. The summed E-state index contributed by atoms with van der Waals surface area (Å²) < 4.78 is -0.818. The first-order valence-electron chi connectivity index (χ1n) is 3.74. The van der Waals surface area contributed by atoms with Gasteiger partial charge >= 0.3 is 6.09 Å². The van der Waals surface area contributed by atoms with E-state index in [0.717, 1.165) is 4.31 Å². The van der Waals surface area contributed by atoms with Crippen molar-refractivity contribution in [3.63, 3.8) is 0 Å². The smallest absolute Gasteiger partial charge is 0.422 e. The summed E-state index contributed by atoms with van der Waals surface area (Å²) in [5.74, 6) is 0. The predicted octanol–water partition coefficient (Wildman–Crippen LogP) is 4.15. The molecule has 7 heteroatoms. The Morgan fingerprint density at radius 3 is 2.20 bits per heavy atom. The Balaban J connectivity index is 2.90. The van der Waals surface area contributed by atoms with Crippen LogP contribution >= 0.6 is 46.8 Å². The van der Waals surface area contributed by atoms with Gasteiger partial charge in [0.25, 0.3) is 3.12 Å². The van der Waals surface area contributed by atoms with E-state index in [2.05, 4.69) is 0 Å². The summed E-state index contributed by atoms with van der Waals surface area (Å²) in [6.45, 7) is 0. The molecule has 1 rings (SSSR count). The molecule has 0 saturated heterocycles. The second kappa shape index (κ2) is 5.16. The van der Waals surface area contributed by atoms with Crippen LogP contribution in [0.25, 0.3) is 0 Å². The van der Waals surface area contributed by atoms with Gasteiger partial charge in [-0.15, -0.1) is 0 Å². The molecule has 0 fully saturated rings. The predicted molar refractivity (Wildman–Crippen MR) is 64.8 cm³/mol. The number of carbonyl (C=O) groups is 1. The molecule has 1 aromatic rings. The Kier molecular flexibility index (Phi) is 4.40. The standard InChI is InChI=1S/C8H6Cl3NO2S/c9-8(10,11)15-12(7(13)14)6-4-2-1-3-5-6/h1-5H,(H,13,14). The number of halogens is 3. The number of hydrogen-bond acceptors (Lipinski definition) is 2. The topological polar surface area (TPSA) is 40.5 Å². The lowest BCUT2D eigenvalue weighted by Gasteiger charge is -2.21. The van der Waals surface area contributed by atoms with Crippen LogP contribution in [0, 0.1) is 0 Å². The Labute approximate surface area is 106 Å². The van der Waals surface area contributed by atoms with Crippen LogP contribution in [0.1, 0.15) is 0 Å². The molecule has 0 bridgehead atoms. The van der Waals surface area contributed by atoms with E-state index in [1.807, 2.05) is 0 Å². The average Bonchev–Trinajstić information content (AvgIpc) is 2.14. The van der Waals surface area contributed by atoms with Gasteiger partial charge < -0.3 is 5.11 Å². The maximum Gasteiger partial charge on any atom is 0.422 e. The fourth-order valence-corrected chi connectivity index (χ4v) is 2.00. The van der Waals surface area contributed by atoms with Gasteiger partial charge in [0, 0.05) is 11.9 Å². The Morgan fingerprint density at radius 1 is 1.27 bits per heavy atom. The van der Waals surface area contributed by atoms with E-state index in [9.17, 15) is 4.79 Å². The highest BCUT2D eigenvalue weighted by molar-refractivity contribution is 8.06. The van der Waals surface area contributed by atoms with Crippen molar-refractivity contribution in [2.75, 3.05) is 4.31 Å². The van der Waals surface area contributed by atoms with E-state index in [1.54, 1.807) is 30.3 Å². The third-order valence-corrected chi connectivity index (χ3v) is 2.74. The molecule has 1 aromatic carbocycles. The van der Waals surface area contributed by atoms with Crippen LogP contribution in [0.5, 0.6) is 0 Å². The molecule has 0 heterocycles. The SMILES string of the molecule is O=C(O)N(SC(Cl)(Cl)Cl)c1ccccc1. The van der Waals surface area contributed by atoms with Gasteiger partial charge in [-0.3, -0.25) is 0 Å². The van der Waals surface area contributed by atoms with Crippen molar-refractivity contribution in [3.8, 4) is 0 Å². The van der Waals surface area contributed by atoms with E-state index in [0.29, 0.717) is 17.6 Å². The number of amides is 1. The molecule has 1 N–H and O–H groups in total. The van der Waals surface area contributed by atoms with Crippen LogP contribution in [-0.2, 0) is 0 Å². The normalized spacial score (nSPS) is 11.1. The molecular weight excluding hydrogens is 281 g/mol. The van der Waals surface area contributed by atoms with Crippen molar-refractivity contribution in [2.24, 2.45) is 0 Å². The number of para-hydroxylation sites is 1. The summed E-state index contributed by atoms with van der Waals surface area (Å²) in [6.07, 6.45) is -1.20. The summed E-state index contributed by atoms with van der Waals surface area (Å²) in [6, 6.07) is 8.38. The molecule has 0 aliphatic heterocycles. The molecule has 0 radical (unpaired) electrons. The first-order chi connectivity index (χ1) is 6.90. The van der Waals surface area contributed by atoms with Gasteiger partial charge in [0.15, 0.2) is 0 Å². The fourth-order valence-electron chi connectivity index (χ4n) is 0.869. The summed E-state index contributed by atoms with van der Waals surface area (Å²) in [7, 11) is 0. The maximum absolute atomic E-state index is 10.9. The number of benzene rings is 1. The minimum atomic E-state index is -1.71. The lowest BCUT2D eigenvalue weighted by molar-refractivity contribution is 0.206. The minimum absolute atomic E-state index is 0.432. The van der Waals surface area contributed by atoms with Gasteiger partial charge in [-0.25, -0.2) is 9.10 Å². The Bertz CT molecular complexity index is 341. The molecule has 0 atom stereocenters. The van der Waals surface area contributed by atoms with Crippen LogP contribution in [0.4, 0.5) is 10.5 Å². The van der Waals surface area contributed by atoms with Crippen LogP contribution in [0.3, 0.4) is 0 Å². The van der Waals surface area contributed by atoms with Gasteiger partial charge in [0.1, 0.15) is 0 Å². The highest BCUT2D eigenvalue weighted by Crippen LogP contribution is 2.42. The number of alkyl halides is 3. The van der Waals surface area contributed by atoms with Gasteiger partial charge in [0.2, 0.25) is 0 Å². The van der Waals surface area contributed by atoms with Crippen LogP contribution in [-0.4, -0.2) is 14.3 Å². The molecule has 0 aliphatic rings. The van der Waals surface area contributed by atoms with E-state index in [1.165, 1.54) is 0 Å². The largest absolute Gasteiger partial charge is 0.464 e. The van der Waals surface area contributed by atoms with Gasteiger partial charge in [-0.2, -0.15) is 0 Å². The van der Waals surface area contributed by atoms with Crippen molar-refractivity contribution < 1.29 is 9.90 Å². The zero-order valence-electron chi connectivity index (χ0n) is 7.23. The summed E-state index contributed by atoms with van der Waals surface area (Å²) >= 11 is 17.1. The molecule has 0 aromatic heterocycles. The highest BCUT2D eigenvalue weighted by Gasteiger charge is 2.29. The average molecular weight is 287 g/mol. The number of anilines is 1. The van der Waals surface area contributed by atoms with Gasteiger partial charge in [-0.1, -0.05) is 53.0 Å². The summed E-state index contributed by atoms with van der Waals surface area (Å²) in [5.41, 5.74) is 0.432. The van der Waals surface area contributed by atoms with Crippen molar-refractivity contribution in [1.82, 2.24) is 0 Å². The number of carboxylic acid groups (broad SMARTS) is 1. The first-order valence-corrected chi connectivity index (χ1v) is 5.65. The second-order valence-corrected chi connectivity index (χ2v) is 6.56.